The Hall–Kier alpha value is -5.97. The van der Waals surface area contributed by atoms with Crippen LogP contribution in [0.15, 0.2) is 150 Å². The summed E-state index contributed by atoms with van der Waals surface area (Å²) >= 11 is 1.72. The van der Waals surface area contributed by atoms with Gasteiger partial charge in [0.2, 0.25) is 0 Å². The van der Waals surface area contributed by atoms with Crippen molar-refractivity contribution in [1.29, 1.82) is 0 Å². The Morgan fingerprint density at radius 3 is 1.85 bits per heavy atom. The minimum Gasteiger partial charge on any atom is -0.309 e. The molecule has 254 valence electrons. The Balaban J connectivity index is 1.21. The molecule has 0 atom stereocenters. The van der Waals surface area contributed by atoms with Crippen LogP contribution in [-0.4, -0.2) is 9.13 Å². The van der Waals surface area contributed by atoms with Crippen molar-refractivity contribution in [3.63, 3.8) is 0 Å². The molecule has 7 aromatic carbocycles. The van der Waals surface area contributed by atoms with Crippen LogP contribution in [0.1, 0.15) is 49.9 Å². The van der Waals surface area contributed by atoms with Crippen LogP contribution in [0.25, 0.3) is 75.2 Å². The maximum absolute atomic E-state index is 13.8. The Kier molecular flexibility index (Phi) is 6.10. The normalized spacial score (nSPS) is 14.8. The standard InChI is InChI=1S/C49H36N2OS/c1-48(2)36-24-22-30(26-37(36)49(3,4)39-28-44-35(27-38(39)48)47(52)34-18-10-13-21-43(34)53-44)51-40-19-11-8-16-31(40)32-23-25-42-45(46(32)51)33-17-9-12-20-41(33)50(42)29-14-6-5-7-15-29/h5-28H,1-4H3. The molecule has 0 amide bonds. The van der Waals surface area contributed by atoms with Crippen LogP contribution >= 0.6 is 11.3 Å². The van der Waals surface area contributed by atoms with Gasteiger partial charge in [0.1, 0.15) is 0 Å². The molecule has 1 aliphatic rings. The first-order chi connectivity index (χ1) is 25.7. The van der Waals surface area contributed by atoms with Gasteiger partial charge in [0.05, 0.1) is 22.1 Å². The van der Waals surface area contributed by atoms with Gasteiger partial charge in [-0.05, 0) is 89.0 Å². The van der Waals surface area contributed by atoms with E-state index in [1.165, 1.54) is 65.9 Å². The Morgan fingerprint density at radius 2 is 1.06 bits per heavy atom. The van der Waals surface area contributed by atoms with Gasteiger partial charge >= 0.3 is 0 Å². The molecule has 3 aromatic heterocycles. The summed E-state index contributed by atoms with van der Waals surface area (Å²) in [6.45, 7) is 9.36. The van der Waals surface area contributed by atoms with E-state index >= 15 is 0 Å². The van der Waals surface area contributed by atoms with Crippen molar-refractivity contribution in [1.82, 2.24) is 9.13 Å². The zero-order valence-corrected chi connectivity index (χ0v) is 30.9. The molecule has 0 saturated heterocycles. The summed E-state index contributed by atoms with van der Waals surface area (Å²) in [6, 6.07) is 52.6. The van der Waals surface area contributed by atoms with Crippen LogP contribution in [0.3, 0.4) is 0 Å². The van der Waals surface area contributed by atoms with Gasteiger partial charge in [-0.1, -0.05) is 107 Å². The second-order valence-corrected chi connectivity index (χ2v) is 16.8. The molecule has 0 bridgehead atoms. The van der Waals surface area contributed by atoms with Crippen molar-refractivity contribution in [2.45, 2.75) is 38.5 Å². The molecule has 53 heavy (non-hydrogen) atoms. The number of fused-ring (bicyclic) bond motifs is 11. The van der Waals surface area contributed by atoms with Crippen molar-refractivity contribution in [3.05, 3.63) is 178 Å². The van der Waals surface area contributed by atoms with Gasteiger partial charge in [-0.25, -0.2) is 0 Å². The number of rotatable bonds is 2. The highest BCUT2D eigenvalue weighted by Crippen LogP contribution is 2.52. The predicted octanol–water partition coefficient (Wildman–Crippen LogP) is 12.6. The van der Waals surface area contributed by atoms with Crippen molar-refractivity contribution >= 4 is 75.1 Å². The fraction of sp³-hybridized carbons (Fsp3) is 0.122. The van der Waals surface area contributed by atoms with Gasteiger partial charge in [0.25, 0.3) is 0 Å². The molecule has 0 aliphatic heterocycles. The Labute approximate surface area is 311 Å². The van der Waals surface area contributed by atoms with E-state index in [4.69, 9.17) is 0 Å². The summed E-state index contributed by atoms with van der Waals surface area (Å²) in [5.74, 6) is 0. The first-order valence-corrected chi connectivity index (χ1v) is 19.2. The molecule has 0 fully saturated rings. The highest BCUT2D eigenvalue weighted by Gasteiger charge is 2.42. The largest absolute Gasteiger partial charge is 0.309 e. The highest BCUT2D eigenvalue weighted by atomic mass is 32.1. The lowest BCUT2D eigenvalue weighted by atomic mass is 9.60. The molecule has 0 N–H and O–H groups in total. The quantitative estimate of drug-likeness (QED) is 0.165. The summed E-state index contributed by atoms with van der Waals surface area (Å²) in [4.78, 5) is 13.8. The first-order valence-electron chi connectivity index (χ1n) is 18.4. The fourth-order valence-corrected chi connectivity index (χ4v) is 10.6. The summed E-state index contributed by atoms with van der Waals surface area (Å²) in [7, 11) is 0. The first kappa shape index (κ1) is 30.6. The minimum absolute atomic E-state index is 0.123. The highest BCUT2D eigenvalue weighted by molar-refractivity contribution is 7.24. The number of para-hydroxylation sites is 3. The van der Waals surface area contributed by atoms with E-state index in [0.717, 1.165) is 31.5 Å². The average Bonchev–Trinajstić information content (AvgIpc) is 3.70. The zero-order valence-electron chi connectivity index (χ0n) is 30.1. The third-order valence-electron chi connectivity index (χ3n) is 12.2. The Bertz CT molecular complexity index is 3250. The van der Waals surface area contributed by atoms with Crippen LogP contribution in [0.5, 0.6) is 0 Å². The van der Waals surface area contributed by atoms with Crippen molar-refractivity contribution in [2.75, 3.05) is 0 Å². The lowest BCUT2D eigenvalue weighted by Gasteiger charge is -2.44. The number of hydrogen-bond acceptors (Lipinski definition) is 2. The maximum Gasteiger partial charge on any atom is 0.195 e. The third kappa shape index (κ3) is 4.02. The molecular formula is C49H36N2OS. The number of aromatic nitrogens is 2. The van der Waals surface area contributed by atoms with E-state index in [1.54, 1.807) is 11.3 Å². The molecular weight excluding hydrogens is 665 g/mol. The second kappa shape index (κ2) is 10.6. The predicted molar refractivity (Wildman–Crippen MR) is 225 cm³/mol. The second-order valence-electron chi connectivity index (χ2n) is 15.7. The number of hydrogen-bond donors (Lipinski definition) is 0. The number of nitrogens with zero attached hydrogens (tertiary/aromatic N) is 2. The van der Waals surface area contributed by atoms with E-state index in [2.05, 4.69) is 164 Å². The van der Waals surface area contributed by atoms with Gasteiger partial charge in [-0.2, -0.15) is 0 Å². The molecule has 3 nitrogen and oxygen atoms in total. The van der Waals surface area contributed by atoms with Crippen LogP contribution in [0.4, 0.5) is 0 Å². The van der Waals surface area contributed by atoms with Crippen molar-refractivity contribution < 1.29 is 0 Å². The van der Waals surface area contributed by atoms with Gasteiger partial charge in [0.15, 0.2) is 5.43 Å². The van der Waals surface area contributed by atoms with Crippen LogP contribution in [0, 0.1) is 0 Å². The van der Waals surface area contributed by atoms with Crippen LogP contribution in [-0.2, 0) is 10.8 Å². The molecule has 11 rings (SSSR count). The number of benzene rings is 7. The van der Waals surface area contributed by atoms with E-state index in [0.29, 0.717) is 0 Å². The molecule has 0 spiro atoms. The molecule has 0 radical (unpaired) electrons. The molecule has 0 saturated carbocycles. The summed E-state index contributed by atoms with van der Waals surface area (Å²) in [5.41, 5.74) is 11.8. The van der Waals surface area contributed by atoms with Crippen molar-refractivity contribution in [2.24, 2.45) is 0 Å². The molecule has 4 heteroatoms. The molecule has 1 aliphatic carbocycles. The molecule has 10 aromatic rings. The topological polar surface area (TPSA) is 26.9 Å². The minimum atomic E-state index is -0.302. The van der Waals surface area contributed by atoms with E-state index in [1.807, 2.05) is 18.2 Å². The summed E-state index contributed by atoms with van der Waals surface area (Å²) in [5, 5.41) is 6.62. The zero-order chi connectivity index (χ0) is 35.8. The van der Waals surface area contributed by atoms with Gasteiger partial charge in [-0.3, -0.25) is 4.79 Å². The third-order valence-corrected chi connectivity index (χ3v) is 13.3. The summed E-state index contributed by atoms with van der Waals surface area (Å²) < 4.78 is 7.00. The van der Waals surface area contributed by atoms with E-state index < -0.39 is 0 Å². The average molecular weight is 701 g/mol. The van der Waals surface area contributed by atoms with Gasteiger partial charge in [-0.15, -0.1) is 11.3 Å². The Morgan fingerprint density at radius 1 is 0.434 bits per heavy atom. The van der Waals surface area contributed by atoms with Crippen LogP contribution in [0.2, 0.25) is 0 Å². The lowest BCUT2D eigenvalue weighted by Crippen LogP contribution is -2.36. The van der Waals surface area contributed by atoms with E-state index in [-0.39, 0.29) is 16.3 Å². The van der Waals surface area contributed by atoms with Crippen LogP contribution < -0.4 is 5.43 Å². The SMILES string of the molecule is CC1(C)c2cc(-n3c4ccccc4c4ccc5c(c6ccccc6n5-c5ccccc5)c43)ccc2C(C)(C)c2cc3c(=O)c4ccccc4sc3cc21. The van der Waals surface area contributed by atoms with Crippen molar-refractivity contribution in [3.8, 4) is 11.4 Å². The maximum atomic E-state index is 13.8. The molecule has 3 heterocycles. The monoisotopic (exact) mass is 700 g/mol. The summed E-state index contributed by atoms with van der Waals surface area (Å²) in [6.07, 6.45) is 0. The van der Waals surface area contributed by atoms with Gasteiger partial charge < -0.3 is 9.13 Å². The van der Waals surface area contributed by atoms with E-state index in [9.17, 15) is 4.79 Å². The smallest absolute Gasteiger partial charge is 0.195 e. The fourth-order valence-electron chi connectivity index (χ4n) is 9.54. The molecule has 0 unspecified atom stereocenters. The lowest BCUT2D eigenvalue weighted by molar-refractivity contribution is 0.521. The van der Waals surface area contributed by atoms with Gasteiger partial charge in [0, 0.05) is 63.9 Å².